The van der Waals surface area contributed by atoms with Crippen LogP contribution in [0, 0.1) is 0 Å². The molecule has 0 bridgehead atoms. The van der Waals surface area contributed by atoms with Crippen molar-refractivity contribution in [2.75, 3.05) is 27.2 Å². The third kappa shape index (κ3) is 3.87. The molecule has 120 valence electrons. The number of hydrogen-bond acceptors (Lipinski definition) is 2. The second-order valence-corrected chi connectivity index (χ2v) is 6.36. The molecule has 0 aliphatic carbocycles. The van der Waals surface area contributed by atoms with Gasteiger partial charge in [-0.3, -0.25) is 0 Å². The van der Waals surface area contributed by atoms with Crippen LogP contribution in [0.2, 0.25) is 5.02 Å². The molecule has 3 nitrogen and oxygen atoms in total. The van der Waals surface area contributed by atoms with E-state index in [0.717, 1.165) is 34.8 Å². The molecule has 23 heavy (non-hydrogen) atoms. The zero-order valence-corrected chi connectivity index (χ0v) is 14.3. The standard InChI is InChI=1S/C19H21ClN2O/c1-21(2)10-11-23-19-14-22(13-15-6-4-3-5-7-15)18-9-8-16(20)12-17(18)19/h3-9,12,14H,10-11,13H2,1-2H3. The van der Waals surface area contributed by atoms with E-state index in [1.165, 1.54) is 5.56 Å². The van der Waals surface area contributed by atoms with E-state index in [1.54, 1.807) is 0 Å². The van der Waals surface area contributed by atoms with Crippen molar-refractivity contribution in [1.29, 1.82) is 0 Å². The van der Waals surface area contributed by atoms with Crippen LogP contribution in [-0.4, -0.2) is 36.7 Å². The van der Waals surface area contributed by atoms with Gasteiger partial charge in [-0.1, -0.05) is 41.9 Å². The van der Waals surface area contributed by atoms with Gasteiger partial charge in [0.15, 0.2) is 0 Å². The van der Waals surface area contributed by atoms with Crippen molar-refractivity contribution < 1.29 is 4.74 Å². The van der Waals surface area contributed by atoms with E-state index in [9.17, 15) is 0 Å². The molecular formula is C19H21ClN2O. The molecule has 0 atom stereocenters. The van der Waals surface area contributed by atoms with Crippen molar-refractivity contribution in [2.24, 2.45) is 0 Å². The quantitative estimate of drug-likeness (QED) is 0.672. The van der Waals surface area contributed by atoms with Crippen LogP contribution in [0.5, 0.6) is 5.75 Å². The molecule has 0 spiro atoms. The summed E-state index contributed by atoms with van der Waals surface area (Å²) in [6.45, 7) is 2.35. The lowest BCUT2D eigenvalue weighted by molar-refractivity contribution is 0.263. The van der Waals surface area contributed by atoms with E-state index in [1.807, 2.05) is 32.3 Å². The van der Waals surface area contributed by atoms with Gasteiger partial charge in [0.05, 0.1) is 5.52 Å². The molecule has 0 fully saturated rings. The molecule has 1 heterocycles. The first-order valence-corrected chi connectivity index (χ1v) is 8.11. The Bertz CT molecular complexity index is 781. The molecule has 0 radical (unpaired) electrons. The van der Waals surface area contributed by atoms with Crippen LogP contribution in [0.1, 0.15) is 5.56 Å². The molecule has 0 saturated heterocycles. The molecular weight excluding hydrogens is 308 g/mol. The lowest BCUT2D eigenvalue weighted by Gasteiger charge is -2.10. The summed E-state index contributed by atoms with van der Waals surface area (Å²) in [5, 5.41) is 1.79. The predicted molar refractivity (Wildman–Crippen MR) is 96.5 cm³/mol. The van der Waals surface area contributed by atoms with Crippen LogP contribution in [-0.2, 0) is 6.54 Å². The molecule has 2 aromatic carbocycles. The minimum atomic E-state index is 0.657. The number of halogens is 1. The van der Waals surface area contributed by atoms with Gasteiger partial charge in [-0.25, -0.2) is 0 Å². The van der Waals surface area contributed by atoms with E-state index in [2.05, 4.69) is 46.0 Å². The summed E-state index contributed by atoms with van der Waals surface area (Å²) in [4.78, 5) is 2.11. The predicted octanol–water partition coefficient (Wildman–Crippen LogP) is 4.28. The third-order valence-electron chi connectivity index (χ3n) is 3.80. The highest BCUT2D eigenvalue weighted by atomic mass is 35.5. The molecule has 3 rings (SSSR count). The van der Waals surface area contributed by atoms with Crippen molar-refractivity contribution in [3.8, 4) is 5.75 Å². The summed E-state index contributed by atoms with van der Waals surface area (Å²) in [7, 11) is 4.08. The van der Waals surface area contributed by atoms with Gasteiger partial charge in [0.2, 0.25) is 0 Å². The van der Waals surface area contributed by atoms with Gasteiger partial charge < -0.3 is 14.2 Å². The number of likely N-dealkylation sites (N-methyl/N-ethyl adjacent to an activating group) is 1. The second-order valence-electron chi connectivity index (χ2n) is 5.92. The van der Waals surface area contributed by atoms with Gasteiger partial charge in [0.1, 0.15) is 12.4 Å². The van der Waals surface area contributed by atoms with Gasteiger partial charge in [-0.15, -0.1) is 0 Å². The zero-order chi connectivity index (χ0) is 16.2. The van der Waals surface area contributed by atoms with Crippen LogP contribution in [0.25, 0.3) is 10.9 Å². The highest BCUT2D eigenvalue weighted by Gasteiger charge is 2.11. The lowest BCUT2D eigenvalue weighted by atomic mass is 10.2. The van der Waals surface area contributed by atoms with E-state index in [4.69, 9.17) is 16.3 Å². The SMILES string of the molecule is CN(C)CCOc1cn(Cc2ccccc2)c2ccc(Cl)cc12. The fourth-order valence-electron chi connectivity index (χ4n) is 2.60. The largest absolute Gasteiger partial charge is 0.490 e. The van der Waals surface area contributed by atoms with Crippen LogP contribution in [0.4, 0.5) is 0 Å². The maximum Gasteiger partial charge on any atom is 0.144 e. The molecule has 4 heteroatoms. The number of ether oxygens (including phenoxy) is 1. The molecule has 0 N–H and O–H groups in total. The van der Waals surface area contributed by atoms with Crippen molar-refractivity contribution in [2.45, 2.75) is 6.54 Å². The lowest BCUT2D eigenvalue weighted by Crippen LogP contribution is -2.19. The van der Waals surface area contributed by atoms with Crippen LogP contribution in [0.15, 0.2) is 54.7 Å². The monoisotopic (exact) mass is 328 g/mol. The number of benzene rings is 2. The summed E-state index contributed by atoms with van der Waals surface area (Å²) >= 11 is 6.17. The summed E-state index contributed by atoms with van der Waals surface area (Å²) in [6.07, 6.45) is 2.07. The first-order valence-electron chi connectivity index (χ1n) is 7.73. The molecule has 0 aliphatic heterocycles. The average Bonchev–Trinajstić information content (AvgIpc) is 2.85. The summed E-state index contributed by atoms with van der Waals surface area (Å²) in [6, 6.07) is 16.4. The maximum absolute atomic E-state index is 6.17. The van der Waals surface area contributed by atoms with Crippen LogP contribution < -0.4 is 4.74 Å². The van der Waals surface area contributed by atoms with Crippen molar-refractivity contribution in [1.82, 2.24) is 9.47 Å². The molecule has 0 unspecified atom stereocenters. The van der Waals surface area contributed by atoms with E-state index in [-0.39, 0.29) is 0 Å². The van der Waals surface area contributed by atoms with Gasteiger partial charge in [0.25, 0.3) is 0 Å². The van der Waals surface area contributed by atoms with Crippen molar-refractivity contribution in [3.63, 3.8) is 0 Å². The summed E-state index contributed by atoms with van der Waals surface area (Å²) < 4.78 is 8.20. The minimum absolute atomic E-state index is 0.657. The Morgan fingerprint density at radius 1 is 1.09 bits per heavy atom. The Balaban J connectivity index is 1.91. The smallest absolute Gasteiger partial charge is 0.144 e. The van der Waals surface area contributed by atoms with Gasteiger partial charge in [-0.05, 0) is 37.9 Å². The summed E-state index contributed by atoms with van der Waals surface area (Å²) in [5.41, 5.74) is 2.40. The second kappa shape index (κ2) is 7.07. The topological polar surface area (TPSA) is 17.4 Å². The first kappa shape index (κ1) is 15.9. The summed E-state index contributed by atoms with van der Waals surface area (Å²) in [5.74, 6) is 0.889. The van der Waals surface area contributed by atoms with Gasteiger partial charge in [0, 0.05) is 29.7 Å². The number of fused-ring (bicyclic) bond motifs is 1. The highest BCUT2D eigenvalue weighted by molar-refractivity contribution is 6.31. The fraction of sp³-hybridized carbons (Fsp3) is 0.263. The molecule has 0 aliphatic rings. The fourth-order valence-corrected chi connectivity index (χ4v) is 2.77. The van der Waals surface area contributed by atoms with Gasteiger partial charge >= 0.3 is 0 Å². The van der Waals surface area contributed by atoms with E-state index in [0.29, 0.717) is 6.61 Å². The number of hydrogen-bond donors (Lipinski definition) is 0. The number of aromatic nitrogens is 1. The Hall–Kier alpha value is -1.97. The third-order valence-corrected chi connectivity index (χ3v) is 4.03. The Morgan fingerprint density at radius 3 is 2.61 bits per heavy atom. The molecule has 1 aromatic heterocycles. The van der Waals surface area contributed by atoms with E-state index < -0.39 is 0 Å². The van der Waals surface area contributed by atoms with Gasteiger partial charge in [-0.2, -0.15) is 0 Å². The normalized spacial score (nSPS) is 11.3. The Kier molecular flexibility index (Phi) is 4.89. The van der Waals surface area contributed by atoms with Crippen LogP contribution >= 0.6 is 11.6 Å². The number of nitrogens with zero attached hydrogens (tertiary/aromatic N) is 2. The van der Waals surface area contributed by atoms with Crippen LogP contribution in [0.3, 0.4) is 0 Å². The Labute approximate surface area is 142 Å². The first-order chi connectivity index (χ1) is 11.1. The van der Waals surface area contributed by atoms with Crippen molar-refractivity contribution in [3.05, 3.63) is 65.3 Å². The minimum Gasteiger partial charge on any atom is -0.490 e. The molecule has 0 saturated carbocycles. The maximum atomic E-state index is 6.17. The highest BCUT2D eigenvalue weighted by Crippen LogP contribution is 2.31. The molecule has 0 amide bonds. The van der Waals surface area contributed by atoms with E-state index >= 15 is 0 Å². The number of rotatable bonds is 6. The Morgan fingerprint density at radius 2 is 1.87 bits per heavy atom. The van der Waals surface area contributed by atoms with Crippen molar-refractivity contribution >= 4 is 22.5 Å². The average molecular weight is 329 g/mol. The zero-order valence-electron chi connectivity index (χ0n) is 13.5. The molecule has 3 aromatic rings.